The van der Waals surface area contributed by atoms with Gasteiger partial charge in [-0.05, 0) is 39.1 Å². The van der Waals surface area contributed by atoms with Gasteiger partial charge >= 0.3 is 0 Å². The molecule has 20 heavy (non-hydrogen) atoms. The van der Waals surface area contributed by atoms with Gasteiger partial charge in [-0.2, -0.15) is 0 Å². The number of hydrogen-bond donors (Lipinski definition) is 1. The molecule has 1 atom stereocenters. The molecule has 0 unspecified atom stereocenters. The van der Waals surface area contributed by atoms with Gasteiger partial charge in [0.15, 0.2) is 0 Å². The van der Waals surface area contributed by atoms with E-state index in [4.69, 9.17) is 4.74 Å². The second kappa shape index (κ2) is 5.94. The maximum Gasteiger partial charge on any atom is 0.230 e. The van der Waals surface area contributed by atoms with Gasteiger partial charge in [0.2, 0.25) is 5.91 Å². The van der Waals surface area contributed by atoms with E-state index in [-0.39, 0.29) is 17.4 Å². The lowest BCUT2D eigenvalue weighted by Crippen LogP contribution is -2.53. The molecule has 0 spiro atoms. The summed E-state index contributed by atoms with van der Waals surface area (Å²) in [6, 6.07) is 8.50. The van der Waals surface area contributed by atoms with Crippen LogP contribution in [0.2, 0.25) is 0 Å². The number of aryl methyl sites for hydroxylation is 1. The van der Waals surface area contributed by atoms with E-state index in [1.165, 1.54) is 11.1 Å². The lowest BCUT2D eigenvalue weighted by Gasteiger charge is -2.37. The van der Waals surface area contributed by atoms with Gasteiger partial charge in [-0.25, -0.2) is 0 Å². The van der Waals surface area contributed by atoms with Crippen molar-refractivity contribution in [3.05, 3.63) is 35.4 Å². The molecule has 0 aliphatic carbocycles. The number of likely N-dealkylation sites (N-methyl/N-ethyl adjacent to an activating group) is 1. The van der Waals surface area contributed by atoms with Crippen molar-refractivity contribution in [3.63, 3.8) is 0 Å². The third-order valence-electron chi connectivity index (χ3n) is 4.02. The highest BCUT2D eigenvalue weighted by Gasteiger charge is 2.41. The minimum atomic E-state index is -0.345. The van der Waals surface area contributed by atoms with Crippen LogP contribution < -0.4 is 5.32 Å². The van der Waals surface area contributed by atoms with Gasteiger partial charge in [-0.15, -0.1) is 0 Å². The Morgan fingerprint density at radius 3 is 2.55 bits per heavy atom. The Morgan fingerprint density at radius 1 is 1.40 bits per heavy atom. The quantitative estimate of drug-likeness (QED) is 0.891. The Balaban J connectivity index is 2.04. The maximum atomic E-state index is 12.2. The lowest BCUT2D eigenvalue weighted by atomic mass is 9.87. The fourth-order valence-electron chi connectivity index (χ4n) is 2.47. The molecule has 1 aromatic rings. The van der Waals surface area contributed by atoms with E-state index in [2.05, 4.69) is 29.3 Å². The van der Waals surface area contributed by atoms with Crippen LogP contribution in [0.4, 0.5) is 0 Å². The molecule has 2 rings (SSSR count). The van der Waals surface area contributed by atoms with E-state index in [9.17, 15) is 4.79 Å². The van der Waals surface area contributed by atoms with Crippen molar-refractivity contribution in [2.75, 3.05) is 33.9 Å². The largest absolute Gasteiger partial charge is 0.379 e. The summed E-state index contributed by atoms with van der Waals surface area (Å²) in [5.74, 6) is 0.0872. The normalized spacial score (nSPS) is 18.4. The van der Waals surface area contributed by atoms with Crippen LogP contribution in [0.25, 0.3) is 0 Å². The van der Waals surface area contributed by atoms with Gasteiger partial charge < -0.3 is 15.0 Å². The van der Waals surface area contributed by atoms with Crippen molar-refractivity contribution >= 4 is 5.91 Å². The van der Waals surface area contributed by atoms with Crippen molar-refractivity contribution in [1.82, 2.24) is 10.2 Å². The highest BCUT2D eigenvalue weighted by molar-refractivity contribution is 5.83. The summed E-state index contributed by atoms with van der Waals surface area (Å²) in [5, 5.41) is 3.07. The second-order valence-electron chi connectivity index (χ2n) is 6.10. The van der Waals surface area contributed by atoms with Crippen LogP contribution in [0, 0.1) is 12.3 Å². The molecular formula is C16H24N2O2. The van der Waals surface area contributed by atoms with Crippen LogP contribution in [0.3, 0.4) is 0 Å². The highest BCUT2D eigenvalue weighted by Crippen LogP contribution is 2.27. The summed E-state index contributed by atoms with van der Waals surface area (Å²) in [6.07, 6.45) is 0. The molecule has 4 nitrogen and oxygen atoms in total. The van der Waals surface area contributed by atoms with Crippen molar-refractivity contribution in [2.24, 2.45) is 5.41 Å². The van der Waals surface area contributed by atoms with Crippen LogP contribution in [-0.2, 0) is 9.53 Å². The third-order valence-corrected chi connectivity index (χ3v) is 4.02. The average molecular weight is 276 g/mol. The number of benzene rings is 1. The Bertz CT molecular complexity index is 481. The van der Waals surface area contributed by atoms with Crippen molar-refractivity contribution < 1.29 is 9.53 Å². The number of carbonyl (C=O) groups is 1. The summed E-state index contributed by atoms with van der Waals surface area (Å²) in [6.45, 7) is 5.72. The monoisotopic (exact) mass is 276 g/mol. The number of rotatable bonds is 5. The first-order valence-corrected chi connectivity index (χ1v) is 7.02. The van der Waals surface area contributed by atoms with E-state index < -0.39 is 0 Å². The highest BCUT2D eigenvalue weighted by atomic mass is 16.5. The van der Waals surface area contributed by atoms with Gasteiger partial charge in [0, 0.05) is 6.54 Å². The van der Waals surface area contributed by atoms with Crippen LogP contribution in [0.1, 0.15) is 24.1 Å². The van der Waals surface area contributed by atoms with Crippen molar-refractivity contribution in [3.8, 4) is 0 Å². The number of amides is 1. The van der Waals surface area contributed by atoms with E-state index in [0.717, 1.165) is 0 Å². The first kappa shape index (κ1) is 15.0. The minimum Gasteiger partial charge on any atom is -0.379 e. The Kier molecular flexibility index (Phi) is 4.45. The molecular weight excluding hydrogens is 252 g/mol. The molecule has 1 aliphatic heterocycles. The first-order chi connectivity index (χ1) is 9.44. The van der Waals surface area contributed by atoms with Crippen LogP contribution in [0.15, 0.2) is 24.3 Å². The molecule has 1 fully saturated rings. The van der Waals surface area contributed by atoms with Crippen LogP contribution >= 0.6 is 0 Å². The fourth-order valence-corrected chi connectivity index (χ4v) is 2.47. The number of nitrogens with one attached hydrogen (secondary N) is 1. The molecule has 1 heterocycles. The van der Waals surface area contributed by atoms with E-state index in [0.29, 0.717) is 19.8 Å². The Morgan fingerprint density at radius 2 is 2.05 bits per heavy atom. The Hall–Kier alpha value is -1.39. The van der Waals surface area contributed by atoms with E-state index in [1.807, 2.05) is 33.2 Å². The molecule has 0 saturated carbocycles. The van der Waals surface area contributed by atoms with Gasteiger partial charge in [-0.3, -0.25) is 4.79 Å². The lowest BCUT2D eigenvalue weighted by molar-refractivity contribution is -0.157. The van der Waals surface area contributed by atoms with Crippen molar-refractivity contribution in [2.45, 2.75) is 19.9 Å². The molecule has 1 amide bonds. The fraction of sp³-hybridized carbons (Fsp3) is 0.562. The van der Waals surface area contributed by atoms with E-state index in [1.54, 1.807) is 0 Å². The number of nitrogens with zero attached hydrogens (tertiary/aromatic N) is 1. The molecule has 1 aromatic carbocycles. The predicted octanol–water partition coefficient (Wildman–Crippen LogP) is 1.75. The Labute approximate surface area is 121 Å². The smallest absolute Gasteiger partial charge is 0.230 e. The first-order valence-electron chi connectivity index (χ1n) is 7.02. The minimum absolute atomic E-state index is 0.0872. The van der Waals surface area contributed by atoms with Gasteiger partial charge in [-0.1, -0.05) is 24.3 Å². The number of carbonyl (C=O) groups excluding carboxylic acids is 1. The summed E-state index contributed by atoms with van der Waals surface area (Å²) in [5.41, 5.74) is 2.16. The summed E-state index contributed by atoms with van der Waals surface area (Å²) in [4.78, 5) is 14.3. The maximum absolute atomic E-state index is 12.2. The summed E-state index contributed by atoms with van der Waals surface area (Å²) in [7, 11) is 4.08. The molecule has 0 bridgehead atoms. The second-order valence-corrected chi connectivity index (χ2v) is 6.10. The molecule has 4 heteroatoms. The molecule has 1 aliphatic rings. The van der Waals surface area contributed by atoms with E-state index >= 15 is 0 Å². The van der Waals surface area contributed by atoms with Crippen LogP contribution in [-0.4, -0.2) is 44.7 Å². The SMILES string of the molecule is Cc1ccccc1[C@H](CNC(=O)C1(C)COC1)N(C)C. The molecule has 1 saturated heterocycles. The van der Waals surface area contributed by atoms with Gasteiger partial charge in [0.1, 0.15) is 0 Å². The van der Waals surface area contributed by atoms with Gasteiger partial charge in [0.05, 0.1) is 24.7 Å². The zero-order valence-corrected chi connectivity index (χ0v) is 12.8. The van der Waals surface area contributed by atoms with Crippen molar-refractivity contribution in [1.29, 1.82) is 0 Å². The zero-order valence-electron chi connectivity index (χ0n) is 12.8. The topological polar surface area (TPSA) is 41.6 Å². The number of ether oxygens (including phenoxy) is 1. The number of hydrogen-bond acceptors (Lipinski definition) is 3. The summed E-state index contributed by atoms with van der Waals surface area (Å²) >= 11 is 0. The molecule has 1 N–H and O–H groups in total. The standard InChI is InChI=1S/C16H24N2O2/c1-12-7-5-6-8-13(12)14(18(3)4)9-17-15(19)16(2)10-20-11-16/h5-8,14H,9-11H2,1-4H3,(H,17,19)/t14-/m0/s1. The third kappa shape index (κ3) is 3.02. The van der Waals surface area contributed by atoms with Crippen LogP contribution in [0.5, 0.6) is 0 Å². The van der Waals surface area contributed by atoms with Gasteiger partial charge in [0.25, 0.3) is 0 Å². The molecule has 0 radical (unpaired) electrons. The molecule has 0 aromatic heterocycles. The molecule has 110 valence electrons. The summed E-state index contributed by atoms with van der Waals surface area (Å²) < 4.78 is 5.15. The predicted molar refractivity (Wildman–Crippen MR) is 79.5 cm³/mol. The zero-order chi connectivity index (χ0) is 14.8. The average Bonchev–Trinajstić information content (AvgIpc) is 2.37.